The molecule has 2 heterocycles. The molecule has 11 rings (SSSR count). The highest BCUT2D eigenvalue weighted by molar-refractivity contribution is 6.04. The third kappa shape index (κ3) is 7.37. The fourth-order valence-electron chi connectivity index (χ4n) is 8.69. The van der Waals surface area contributed by atoms with Crippen LogP contribution in [-0.2, 0) is 0 Å². The topological polar surface area (TPSA) is 44.7 Å². The molecule has 1 aromatic heterocycles. The van der Waals surface area contributed by atoms with E-state index in [4.69, 9.17) is 14.7 Å². The quantitative estimate of drug-likeness (QED) is 0.137. The summed E-state index contributed by atoms with van der Waals surface area (Å²) in [6, 6.07) is 76.0. The summed E-state index contributed by atoms with van der Waals surface area (Å²) in [6.45, 7) is 0. The highest BCUT2D eigenvalue weighted by Gasteiger charge is 2.34. The molecule has 0 bridgehead atoms. The zero-order valence-electron chi connectivity index (χ0n) is 35.1. The van der Waals surface area contributed by atoms with Crippen LogP contribution >= 0.6 is 0 Å². The largest absolute Gasteiger partial charge is 0.453 e. The minimum Gasteiger partial charge on any atom is -0.453 e. The van der Waals surface area contributed by atoms with Gasteiger partial charge in [0.25, 0.3) is 0 Å². The summed E-state index contributed by atoms with van der Waals surface area (Å²) >= 11 is 0. The van der Waals surface area contributed by atoms with Crippen LogP contribution < -0.4 is 19.4 Å². The molecular formula is C58H43N5O. The molecule has 0 amide bonds. The van der Waals surface area contributed by atoms with Gasteiger partial charge in [0.1, 0.15) is 0 Å². The Labute approximate surface area is 374 Å². The Morgan fingerprint density at radius 3 is 1.41 bits per heavy atom. The number of rotatable bonds is 10. The van der Waals surface area contributed by atoms with E-state index in [2.05, 4.69) is 215 Å². The first-order valence-electron chi connectivity index (χ1n) is 21.7. The molecule has 1 aliphatic heterocycles. The van der Waals surface area contributed by atoms with Crippen LogP contribution in [0.25, 0.3) is 33.9 Å². The minimum absolute atomic E-state index is 0.654. The smallest absolute Gasteiger partial charge is 0.160 e. The summed E-state index contributed by atoms with van der Waals surface area (Å²) in [5, 5.41) is 0. The zero-order chi connectivity index (χ0) is 42.7. The molecular weight excluding hydrogens is 783 g/mol. The molecule has 64 heavy (non-hydrogen) atoms. The number of aromatic nitrogens is 2. The Morgan fingerprint density at radius 2 is 0.875 bits per heavy atom. The fourth-order valence-corrected chi connectivity index (χ4v) is 8.69. The van der Waals surface area contributed by atoms with Crippen molar-refractivity contribution in [2.24, 2.45) is 0 Å². The van der Waals surface area contributed by atoms with E-state index in [1.165, 1.54) is 0 Å². The molecule has 0 saturated carbocycles. The van der Waals surface area contributed by atoms with Crippen molar-refractivity contribution in [1.29, 1.82) is 0 Å². The van der Waals surface area contributed by atoms with Gasteiger partial charge in [-0.2, -0.15) is 0 Å². The average molecular weight is 826 g/mol. The monoisotopic (exact) mass is 825 g/mol. The first-order valence-corrected chi connectivity index (χ1v) is 21.7. The molecule has 306 valence electrons. The van der Waals surface area contributed by atoms with Gasteiger partial charge in [0, 0.05) is 39.4 Å². The van der Waals surface area contributed by atoms with Crippen molar-refractivity contribution in [2.75, 3.05) is 14.7 Å². The maximum Gasteiger partial charge on any atom is 0.160 e. The highest BCUT2D eigenvalue weighted by Crippen LogP contribution is 2.58. The van der Waals surface area contributed by atoms with E-state index in [1.807, 2.05) is 36.4 Å². The number of anilines is 8. The first-order chi connectivity index (χ1) is 31.8. The number of nitrogens with zero attached hydrogens (tertiary/aromatic N) is 5. The maximum absolute atomic E-state index is 6.70. The number of para-hydroxylation sites is 7. The predicted molar refractivity (Wildman–Crippen MR) is 263 cm³/mol. The van der Waals surface area contributed by atoms with Crippen LogP contribution in [0, 0.1) is 0 Å². The molecule has 2 aliphatic rings. The lowest BCUT2D eigenvalue weighted by Crippen LogP contribution is -2.24. The number of hydrogen-bond acceptors (Lipinski definition) is 6. The highest BCUT2D eigenvalue weighted by atomic mass is 16.5. The summed E-state index contributed by atoms with van der Waals surface area (Å²) in [4.78, 5) is 17.8. The van der Waals surface area contributed by atoms with Crippen LogP contribution in [-0.4, -0.2) is 9.97 Å². The SMILES string of the molecule is C1=CC(N(c2ccccc2)c2cc(-c3cc(-c4ccccc4)nc(-c4ccccc4)n3)cc(N(c3ccccc3)c3ccccc3)c2N2c3ccccc3Oc3ccccc32)=CCC1. The average Bonchev–Trinajstić information content (AvgIpc) is 3.37. The lowest BCUT2D eigenvalue weighted by atomic mass is 9.99. The van der Waals surface area contributed by atoms with Gasteiger partial charge in [-0.25, -0.2) is 9.97 Å². The van der Waals surface area contributed by atoms with Gasteiger partial charge in [0.15, 0.2) is 17.3 Å². The van der Waals surface area contributed by atoms with Crippen molar-refractivity contribution in [3.05, 3.63) is 242 Å². The molecule has 8 aromatic carbocycles. The van der Waals surface area contributed by atoms with Gasteiger partial charge in [-0.3, -0.25) is 4.90 Å². The summed E-state index contributed by atoms with van der Waals surface area (Å²) in [5.41, 5.74) is 13.4. The van der Waals surface area contributed by atoms with Gasteiger partial charge in [-0.1, -0.05) is 152 Å². The van der Waals surface area contributed by atoms with E-state index in [-0.39, 0.29) is 0 Å². The molecule has 0 radical (unpaired) electrons. The van der Waals surface area contributed by atoms with Crippen molar-refractivity contribution in [3.63, 3.8) is 0 Å². The third-order valence-electron chi connectivity index (χ3n) is 11.6. The Morgan fingerprint density at radius 1 is 0.422 bits per heavy atom. The number of benzene rings is 8. The zero-order valence-corrected chi connectivity index (χ0v) is 35.1. The van der Waals surface area contributed by atoms with Crippen LogP contribution in [0.4, 0.5) is 45.5 Å². The van der Waals surface area contributed by atoms with Crippen molar-refractivity contribution in [1.82, 2.24) is 9.97 Å². The maximum atomic E-state index is 6.70. The first kappa shape index (κ1) is 38.4. The summed E-state index contributed by atoms with van der Waals surface area (Å²) in [5.74, 6) is 2.19. The standard InChI is InChI=1S/C58H43N5O/c1-7-23-42(24-8-1)49-41-50(60-58(59-49)43-25-9-2-10-26-43)44-39-53(61(45-27-11-3-12-28-45)46-29-13-4-14-30-46)57(63-51-35-19-21-37-55(51)64-56-38-22-20-36-52(56)63)54(40-44)62(47-31-15-5-16-32-47)48-33-17-6-18-34-48/h1-5,7-17,19-41H,6,18H2. The van der Waals surface area contributed by atoms with Crippen LogP contribution in [0.2, 0.25) is 0 Å². The molecule has 0 unspecified atom stereocenters. The fraction of sp³-hybridized carbons (Fsp3) is 0.0345. The number of allylic oxidation sites excluding steroid dienone is 3. The van der Waals surface area contributed by atoms with Gasteiger partial charge in [0.05, 0.1) is 39.8 Å². The summed E-state index contributed by atoms with van der Waals surface area (Å²) < 4.78 is 6.70. The predicted octanol–water partition coefficient (Wildman–Crippen LogP) is 15.9. The van der Waals surface area contributed by atoms with Gasteiger partial charge < -0.3 is 14.5 Å². The third-order valence-corrected chi connectivity index (χ3v) is 11.6. The molecule has 0 saturated heterocycles. The Kier molecular flexibility index (Phi) is 10.3. The second-order valence-electron chi connectivity index (χ2n) is 15.7. The van der Waals surface area contributed by atoms with Crippen molar-refractivity contribution >= 4 is 45.5 Å². The second kappa shape index (κ2) is 17.1. The van der Waals surface area contributed by atoms with E-state index in [0.29, 0.717) is 5.82 Å². The Bertz CT molecular complexity index is 2990. The molecule has 9 aromatic rings. The van der Waals surface area contributed by atoms with Crippen LogP contribution in [0.5, 0.6) is 11.5 Å². The molecule has 6 nitrogen and oxygen atoms in total. The van der Waals surface area contributed by atoms with Gasteiger partial charge in [0.2, 0.25) is 0 Å². The lowest BCUT2D eigenvalue weighted by molar-refractivity contribution is 0.477. The van der Waals surface area contributed by atoms with E-state index in [0.717, 1.165) is 104 Å². The molecule has 0 fully saturated rings. The van der Waals surface area contributed by atoms with E-state index in [9.17, 15) is 0 Å². The van der Waals surface area contributed by atoms with Crippen molar-refractivity contribution in [2.45, 2.75) is 12.8 Å². The number of fused-ring (bicyclic) bond motifs is 2. The van der Waals surface area contributed by atoms with Gasteiger partial charge in [-0.15, -0.1) is 0 Å². The Balaban J connectivity index is 1.31. The summed E-state index contributed by atoms with van der Waals surface area (Å²) in [6.07, 6.45) is 8.79. The molecule has 6 heteroatoms. The van der Waals surface area contributed by atoms with E-state index >= 15 is 0 Å². The second-order valence-corrected chi connectivity index (χ2v) is 15.7. The van der Waals surface area contributed by atoms with Gasteiger partial charge >= 0.3 is 0 Å². The molecule has 1 aliphatic carbocycles. The Hall–Kier alpha value is -8.48. The van der Waals surface area contributed by atoms with Crippen LogP contribution in [0.1, 0.15) is 12.8 Å². The minimum atomic E-state index is 0.654. The lowest BCUT2D eigenvalue weighted by Gasteiger charge is -2.40. The normalized spacial score (nSPS) is 12.7. The molecule has 0 N–H and O–H groups in total. The van der Waals surface area contributed by atoms with Crippen LogP contribution in [0.15, 0.2) is 242 Å². The van der Waals surface area contributed by atoms with Crippen molar-refractivity contribution < 1.29 is 4.74 Å². The van der Waals surface area contributed by atoms with E-state index in [1.54, 1.807) is 0 Å². The van der Waals surface area contributed by atoms with Crippen LogP contribution in [0.3, 0.4) is 0 Å². The summed E-state index contributed by atoms with van der Waals surface area (Å²) in [7, 11) is 0. The molecule has 0 atom stereocenters. The van der Waals surface area contributed by atoms with Crippen molar-refractivity contribution in [3.8, 4) is 45.4 Å². The number of ether oxygens (including phenoxy) is 1. The van der Waals surface area contributed by atoms with Gasteiger partial charge in [-0.05, 0) is 97.8 Å². The van der Waals surface area contributed by atoms with E-state index < -0.39 is 0 Å². The number of hydrogen-bond donors (Lipinski definition) is 0. The molecule has 0 spiro atoms.